The molecule has 0 bridgehead atoms. The summed E-state index contributed by atoms with van der Waals surface area (Å²) >= 11 is 0. The SMILES string of the molecule is CCN1CCN(c2ccc(NC(=O)COC(=O)C3(c4ccccc4)CCC3)cc2)CC1. The third kappa shape index (κ3) is 4.74. The van der Waals surface area contributed by atoms with Gasteiger partial charge in [0, 0.05) is 37.6 Å². The van der Waals surface area contributed by atoms with Crippen molar-refractivity contribution < 1.29 is 14.3 Å². The van der Waals surface area contributed by atoms with E-state index >= 15 is 0 Å². The number of carbonyl (C=O) groups is 2. The molecule has 1 N–H and O–H groups in total. The minimum Gasteiger partial charge on any atom is -0.455 e. The van der Waals surface area contributed by atoms with Gasteiger partial charge in [-0.2, -0.15) is 0 Å². The first kappa shape index (κ1) is 21.4. The van der Waals surface area contributed by atoms with Crippen molar-refractivity contribution in [3.8, 4) is 0 Å². The smallest absolute Gasteiger partial charge is 0.317 e. The van der Waals surface area contributed by atoms with Gasteiger partial charge in [-0.3, -0.25) is 9.59 Å². The highest BCUT2D eigenvalue weighted by molar-refractivity contribution is 5.94. The number of carbonyl (C=O) groups excluding carboxylic acids is 2. The molecule has 4 rings (SSSR count). The molecule has 6 heteroatoms. The minimum atomic E-state index is -0.592. The molecule has 0 radical (unpaired) electrons. The maximum atomic E-state index is 12.8. The second-order valence-electron chi connectivity index (χ2n) is 8.39. The number of hydrogen-bond acceptors (Lipinski definition) is 5. The quantitative estimate of drug-likeness (QED) is 0.694. The fourth-order valence-corrected chi connectivity index (χ4v) is 4.44. The number of benzene rings is 2. The number of piperazine rings is 1. The first-order chi connectivity index (χ1) is 15.1. The molecular formula is C25H31N3O3. The molecule has 0 unspecified atom stereocenters. The number of rotatable bonds is 7. The molecule has 164 valence electrons. The molecule has 1 heterocycles. The van der Waals surface area contributed by atoms with Crippen molar-refractivity contribution in [2.24, 2.45) is 0 Å². The van der Waals surface area contributed by atoms with Gasteiger partial charge in [0.1, 0.15) is 0 Å². The van der Waals surface area contributed by atoms with Gasteiger partial charge >= 0.3 is 5.97 Å². The first-order valence-corrected chi connectivity index (χ1v) is 11.2. The summed E-state index contributed by atoms with van der Waals surface area (Å²) in [7, 11) is 0. The zero-order chi connectivity index (χ0) is 21.7. The van der Waals surface area contributed by atoms with Gasteiger partial charge in [-0.05, 0) is 49.2 Å². The van der Waals surface area contributed by atoms with Crippen LogP contribution in [0, 0.1) is 0 Å². The Hall–Kier alpha value is -2.86. The summed E-state index contributed by atoms with van der Waals surface area (Å²) in [5.74, 6) is -0.623. The number of ether oxygens (including phenoxy) is 1. The summed E-state index contributed by atoms with van der Waals surface area (Å²) in [5.41, 5.74) is 2.25. The largest absolute Gasteiger partial charge is 0.455 e. The van der Waals surface area contributed by atoms with Gasteiger partial charge in [-0.25, -0.2) is 0 Å². The van der Waals surface area contributed by atoms with Crippen LogP contribution in [-0.4, -0.2) is 56.1 Å². The zero-order valence-corrected chi connectivity index (χ0v) is 18.2. The second-order valence-corrected chi connectivity index (χ2v) is 8.39. The van der Waals surface area contributed by atoms with Crippen LogP contribution >= 0.6 is 0 Å². The molecule has 2 fully saturated rings. The van der Waals surface area contributed by atoms with Crippen LogP contribution in [0.3, 0.4) is 0 Å². The van der Waals surface area contributed by atoms with E-state index in [1.807, 2.05) is 54.6 Å². The predicted molar refractivity (Wildman–Crippen MR) is 122 cm³/mol. The van der Waals surface area contributed by atoms with Gasteiger partial charge in [0.25, 0.3) is 5.91 Å². The van der Waals surface area contributed by atoms with E-state index in [-0.39, 0.29) is 18.5 Å². The maximum absolute atomic E-state index is 12.8. The average molecular weight is 422 g/mol. The topological polar surface area (TPSA) is 61.9 Å². The summed E-state index contributed by atoms with van der Waals surface area (Å²) < 4.78 is 5.41. The summed E-state index contributed by atoms with van der Waals surface area (Å²) in [5, 5.41) is 2.83. The molecule has 2 aromatic rings. The van der Waals surface area contributed by atoms with Gasteiger partial charge < -0.3 is 19.9 Å². The third-order valence-corrected chi connectivity index (χ3v) is 6.59. The fourth-order valence-electron chi connectivity index (χ4n) is 4.44. The molecule has 0 spiro atoms. The second kappa shape index (κ2) is 9.52. The molecule has 2 aromatic carbocycles. The Morgan fingerprint density at radius 2 is 1.65 bits per heavy atom. The molecule has 1 aliphatic carbocycles. The molecule has 1 aliphatic heterocycles. The van der Waals surface area contributed by atoms with Crippen molar-refractivity contribution in [2.75, 3.05) is 49.5 Å². The van der Waals surface area contributed by atoms with Crippen molar-refractivity contribution in [3.05, 3.63) is 60.2 Å². The number of amides is 1. The number of anilines is 2. The molecular weight excluding hydrogens is 390 g/mol. The summed E-state index contributed by atoms with van der Waals surface area (Å²) in [4.78, 5) is 29.9. The van der Waals surface area contributed by atoms with Crippen LogP contribution < -0.4 is 10.2 Å². The van der Waals surface area contributed by atoms with Crippen LogP contribution in [0.1, 0.15) is 31.7 Å². The lowest BCUT2D eigenvalue weighted by Crippen LogP contribution is -2.46. The molecule has 2 aliphatic rings. The van der Waals surface area contributed by atoms with Crippen LogP contribution in [0.5, 0.6) is 0 Å². The number of esters is 1. The van der Waals surface area contributed by atoms with Crippen LogP contribution in [0.2, 0.25) is 0 Å². The van der Waals surface area contributed by atoms with Crippen LogP contribution in [0.4, 0.5) is 11.4 Å². The monoisotopic (exact) mass is 421 g/mol. The first-order valence-electron chi connectivity index (χ1n) is 11.2. The highest BCUT2D eigenvalue weighted by Crippen LogP contribution is 2.44. The van der Waals surface area contributed by atoms with Crippen LogP contribution in [-0.2, 0) is 19.7 Å². The molecule has 0 aromatic heterocycles. The van der Waals surface area contributed by atoms with Gasteiger partial charge in [-0.1, -0.05) is 43.7 Å². The Bertz CT molecular complexity index is 886. The van der Waals surface area contributed by atoms with E-state index in [0.717, 1.165) is 63.2 Å². The number of nitrogens with zero attached hydrogens (tertiary/aromatic N) is 2. The normalized spacial score (nSPS) is 18.2. The van der Waals surface area contributed by atoms with E-state index in [9.17, 15) is 9.59 Å². The lowest BCUT2D eigenvalue weighted by Gasteiger charge is -2.39. The fraction of sp³-hybridized carbons (Fsp3) is 0.440. The molecule has 6 nitrogen and oxygen atoms in total. The van der Waals surface area contributed by atoms with Crippen molar-refractivity contribution in [2.45, 2.75) is 31.6 Å². The predicted octanol–water partition coefficient (Wildman–Crippen LogP) is 3.43. The lowest BCUT2D eigenvalue weighted by molar-refractivity contribution is -0.156. The number of likely N-dealkylation sites (N-methyl/N-ethyl adjacent to an activating group) is 1. The van der Waals surface area contributed by atoms with Crippen LogP contribution in [0.15, 0.2) is 54.6 Å². The third-order valence-electron chi connectivity index (χ3n) is 6.59. The standard InChI is InChI=1S/C25H31N3O3/c1-2-27-15-17-28(18-16-27)22-11-9-21(10-12-22)26-23(29)19-31-24(30)25(13-6-14-25)20-7-4-3-5-8-20/h3-5,7-12H,2,6,13-19H2,1H3,(H,26,29). The zero-order valence-electron chi connectivity index (χ0n) is 18.2. The summed E-state index contributed by atoms with van der Waals surface area (Å²) in [6.07, 6.45) is 2.53. The Kier molecular flexibility index (Phi) is 6.56. The van der Waals surface area contributed by atoms with Gasteiger partial charge in [0.05, 0.1) is 5.41 Å². The van der Waals surface area contributed by atoms with E-state index in [2.05, 4.69) is 22.0 Å². The Balaban J connectivity index is 1.28. The van der Waals surface area contributed by atoms with E-state index in [0.29, 0.717) is 5.69 Å². The van der Waals surface area contributed by atoms with E-state index in [1.165, 1.54) is 0 Å². The van der Waals surface area contributed by atoms with Crippen molar-refractivity contribution in [3.63, 3.8) is 0 Å². The van der Waals surface area contributed by atoms with Crippen molar-refractivity contribution in [1.82, 2.24) is 4.90 Å². The van der Waals surface area contributed by atoms with E-state index < -0.39 is 5.41 Å². The van der Waals surface area contributed by atoms with Gasteiger partial charge in [0.2, 0.25) is 0 Å². The molecule has 1 saturated heterocycles. The van der Waals surface area contributed by atoms with Crippen molar-refractivity contribution >= 4 is 23.3 Å². The summed E-state index contributed by atoms with van der Waals surface area (Å²) in [6, 6.07) is 17.6. The highest BCUT2D eigenvalue weighted by atomic mass is 16.5. The number of nitrogens with one attached hydrogen (secondary N) is 1. The minimum absolute atomic E-state index is 0.270. The summed E-state index contributed by atoms with van der Waals surface area (Å²) in [6.45, 7) is 7.19. The Labute approximate surface area is 184 Å². The Morgan fingerprint density at radius 1 is 0.968 bits per heavy atom. The van der Waals surface area contributed by atoms with E-state index in [4.69, 9.17) is 4.74 Å². The highest BCUT2D eigenvalue weighted by Gasteiger charge is 2.47. The van der Waals surface area contributed by atoms with Crippen molar-refractivity contribution in [1.29, 1.82) is 0 Å². The number of hydrogen-bond donors (Lipinski definition) is 1. The molecule has 1 saturated carbocycles. The Morgan fingerprint density at radius 3 is 2.23 bits per heavy atom. The van der Waals surface area contributed by atoms with Gasteiger partial charge in [-0.15, -0.1) is 0 Å². The molecule has 1 amide bonds. The average Bonchev–Trinajstić information content (AvgIpc) is 2.78. The molecule has 31 heavy (non-hydrogen) atoms. The molecule has 0 atom stereocenters. The lowest BCUT2D eigenvalue weighted by atomic mass is 9.64. The van der Waals surface area contributed by atoms with Crippen LogP contribution in [0.25, 0.3) is 0 Å². The maximum Gasteiger partial charge on any atom is 0.317 e. The van der Waals surface area contributed by atoms with E-state index in [1.54, 1.807) is 0 Å². The van der Waals surface area contributed by atoms with Gasteiger partial charge in [0.15, 0.2) is 6.61 Å².